The van der Waals surface area contributed by atoms with Gasteiger partial charge in [-0.2, -0.15) is 0 Å². The first-order valence-corrected chi connectivity index (χ1v) is 11.0. The SMILES string of the molecule is Cl.O=C(Nc1ccc2c(c1F)CCNC2)C1CC(=O)N(C2CCS(=O)(=O)C2)C1. The largest absolute Gasteiger partial charge is 0.338 e. The number of nitrogens with one attached hydrogen (secondary N) is 2. The molecular weight excluding hydrogens is 409 g/mol. The number of carbonyl (C=O) groups excluding carboxylic acids is 2. The van der Waals surface area contributed by atoms with Gasteiger partial charge in [-0.15, -0.1) is 12.4 Å². The lowest BCUT2D eigenvalue weighted by Crippen LogP contribution is -2.38. The van der Waals surface area contributed by atoms with Crippen LogP contribution in [0.3, 0.4) is 0 Å². The van der Waals surface area contributed by atoms with Gasteiger partial charge in [-0.25, -0.2) is 12.8 Å². The highest BCUT2D eigenvalue weighted by Gasteiger charge is 2.42. The van der Waals surface area contributed by atoms with E-state index in [4.69, 9.17) is 0 Å². The van der Waals surface area contributed by atoms with Gasteiger partial charge < -0.3 is 15.5 Å². The molecule has 154 valence electrons. The minimum absolute atomic E-state index is 0. The molecule has 1 aromatic carbocycles. The number of fused-ring (bicyclic) bond motifs is 1. The Morgan fingerprint density at radius 2 is 2.11 bits per heavy atom. The molecule has 0 bridgehead atoms. The Kier molecular flexibility index (Phi) is 5.97. The zero-order chi connectivity index (χ0) is 19.2. The number of benzene rings is 1. The van der Waals surface area contributed by atoms with Crippen LogP contribution in [0.15, 0.2) is 12.1 Å². The lowest BCUT2D eigenvalue weighted by molar-refractivity contribution is -0.129. The first-order valence-electron chi connectivity index (χ1n) is 9.16. The van der Waals surface area contributed by atoms with Crippen LogP contribution < -0.4 is 10.6 Å². The van der Waals surface area contributed by atoms with Crippen LogP contribution >= 0.6 is 12.4 Å². The molecule has 0 spiro atoms. The number of anilines is 1. The first kappa shape index (κ1) is 21.0. The summed E-state index contributed by atoms with van der Waals surface area (Å²) in [6, 6.07) is 3.00. The molecular formula is C18H23ClFN3O4S. The zero-order valence-electron chi connectivity index (χ0n) is 15.2. The summed E-state index contributed by atoms with van der Waals surface area (Å²) in [6.45, 7) is 1.48. The number of sulfone groups is 1. The molecule has 3 aliphatic heterocycles. The molecule has 0 saturated carbocycles. The average molecular weight is 432 g/mol. The summed E-state index contributed by atoms with van der Waals surface area (Å²) in [5, 5.41) is 5.79. The Bertz CT molecular complexity index is 908. The molecule has 3 heterocycles. The second kappa shape index (κ2) is 7.96. The zero-order valence-corrected chi connectivity index (χ0v) is 16.9. The topological polar surface area (TPSA) is 95.6 Å². The molecule has 10 heteroatoms. The second-order valence-corrected chi connectivity index (χ2v) is 9.71. The molecule has 2 amide bonds. The van der Waals surface area contributed by atoms with Gasteiger partial charge in [0.15, 0.2) is 9.84 Å². The minimum Gasteiger partial charge on any atom is -0.338 e. The van der Waals surface area contributed by atoms with E-state index in [0.717, 1.165) is 5.56 Å². The number of amides is 2. The highest BCUT2D eigenvalue weighted by atomic mass is 35.5. The molecule has 2 atom stereocenters. The Hall–Kier alpha value is -1.71. The smallest absolute Gasteiger partial charge is 0.229 e. The van der Waals surface area contributed by atoms with Crippen molar-refractivity contribution in [2.75, 3.05) is 29.9 Å². The van der Waals surface area contributed by atoms with Gasteiger partial charge in [0.25, 0.3) is 0 Å². The standard InChI is InChI=1S/C18H22FN3O4S.ClH/c19-17-14-3-5-20-8-11(14)1-2-15(17)21-18(24)12-7-16(23)22(9-12)13-4-6-27(25,26)10-13;/h1-2,12-13,20H,3-10H2,(H,21,24);1H. The van der Waals surface area contributed by atoms with Crippen LogP contribution in [-0.2, 0) is 32.4 Å². The molecule has 2 fully saturated rings. The Balaban J connectivity index is 0.00000225. The monoisotopic (exact) mass is 431 g/mol. The van der Waals surface area contributed by atoms with Gasteiger partial charge in [-0.05, 0) is 36.6 Å². The van der Waals surface area contributed by atoms with Crippen LogP contribution in [0.2, 0.25) is 0 Å². The van der Waals surface area contributed by atoms with Gasteiger partial charge in [0.05, 0.1) is 23.1 Å². The molecule has 3 aliphatic rings. The Labute approximate surface area is 169 Å². The van der Waals surface area contributed by atoms with E-state index in [9.17, 15) is 22.4 Å². The Morgan fingerprint density at radius 3 is 2.82 bits per heavy atom. The van der Waals surface area contributed by atoms with Gasteiger partial charge in [0, 0.05) is 25.6 Å². The maximum atomic E-state index is 14.7. The van der Waals surface area contributed by atoms with Gasteiger partial charge in [0.1, 0.15) is 5.82 Å². The summed E-state index contributed by atoms with van der Waals surface area (Å²) in [4.78, 5) is 26.4. The molecule has 2 unspecified atom stereocenters. The van der Waals surface area contributed by atoms with Crippen molar-refractivity contribution in [1.82, 2.24) is 10.2 Å². The van der Waals surface area contributed by atoms with E-state index in [2.05, 4.69) is 10.6 Å². The molecule has 0 radical (unpaired) electrons. The maximum absolute atomic E-state index is 14.7. The molecule has 4 rings (SSSR count). The number of carbonyl (C=O) groups is 2. The number of likely N-dealkylation sites (tertiary alicyclic amines) is 1. The van der Waals surface area contributed by atoms with Gasteiger partial charge >= 0.3 is 0 Å². The predicted octanol–water partition coefficient (Wildman–Crippen LogP) is 0.867. The normalized spacial score (nSPS) is 25.9. The molecule has 2 saturated heterocycles. The third-order valence-electron chi connectivity index (χ3n) is 5.64. The molecule has 1 aromatic rings. The van der Waals surface area contributed by atoms with Crippen LogP contribution in [0.5, 0.6) is 0 Å². The van der Waals surface area contributed by atoms with Crippen molar-refractivity contribution in [2.45, 2.75) is 31.8 Å². The number of rotatable bonds is 3. The quantitative estimate of drug-likeness (QED) is 0.740. The number of hydrogen-bond acceptors (Lipinski definition) is 5. The van der Waals surface area contributed by atoms with Crippen molar-refractivity contribution in [2.24, 2.45) is 5.92 Å². The summed E-state index contributed by atoms with van der Waals surface area (Å²) in [5.74, 6) is -1.59. The number of halogens is 2. The molecule has 7 nitrogen and oxygen atoms in total. The lowest BCUT2D eigenvalue weighted by atomic mass is 9.99. The van der Waals surface area contributed by atoms with Crippen molar-refractivity contribution in [3.8, 4) is 0 Å². The maximum Gasteiger partial charge on any atom is 0.229 e. The van der Waals surface area contributed by atoms with E-state index in [1.807, 2.05) is 0 Å². The molecule has 0 aliphatic carbocycles. The van der Waals surface area contributed by atoms with Crippen LogP contribution in [0.1, 0.15) is 24.0 Å². The van der Waals surface area contributed by atoms with E-state index in [1.54, 1.807) is 12.1 Å². The van der Waals surface area contributed by atoms with E-state index in [1.165, 1.54) is 4.90 Å². The number of hydrogen-bond donors (Lipinski definition) is 2. The van der Waals surface area contributed by atoms with Crippen molar-refractivity contribution in [3.63, 3.8) is 0 Å². The second-order valence-electron chi connectivity index (χ2n) is 7.48. The summed E-state index contributed by atoms with van der Waals surface area (Å²) in [7, 11) is -3.11. The van der Waals surface area contributed by atoms with Crippen molar-refractivity contribution in [3.05, 3.63) is 29.1 Å². The summed E-state index contributed by atoms with van der Waals surface area (Å²) >= 11 is 0. The molecule has 0 aromatic heterocycles. The minimum atomic E-state index is -3.11. The summed E-state index contributed by atoms with van der Waals surface area (Å²) < 4.78 is 38.0. The third-order valence-corrected chi connectivity index (χ3v) is 7.39. The highest BCUT2D eigenvalue weighted by Crippen LogP contribution is 2.29. The van der Waals surface area contributed by atoms with E-state index < -0.39 is 27.5 Å². The first-order chi connectivity index (χ1) is 12.8. The Morgan fingerprint density at radius 1 is 1.32 bits per heavy atom. The van der Waals surface area contributed by atoms with E-state index in [0.29, 0.717) is 31.5 Å². The van der Waals surface area contributed by atoms with Gasteiger partial charge in [-0.3, -0.25) is 9.59 Å². The fraction of sp³-hybridized carbons (Fsp3) is 0.556. The van der Waals surface area contributed by atoms with Crippen LogP contribution in [-0.4, -0.2) is 55.8 Å². The van der Waals surface area contributed by atoms with Crippen LogP contribution in [0.4, 0.5) is 10.1 Å². The van der Waals surface area contributed by atoms with Crippen molar-refractivity contribution < 1.29 is 22.4 Å². The number of nitrogens with zero attached hydrogens (tertiary/aromatic N) is 1. The van der Waals surface area contributed by atoms with Crippen LogP contribution in [0, 0.1) is 11.7 Å². The summed E-state index contributed by atoms with van der Waals surface area (Å²) in [5.41, 5.74) is 1.64. The van der Waals surface area contributed by atoms with Crippen molar-refractivity contribution in [1.29, 1.82) is 0 Å². The van der Waals surface area contributed by atoms with E-state index in [-0.39, 0.29) is 54.5 Å². The van der Waals surface area contributed by atoms with Gasteiger partial charge in [-0.1, -0.05) is 6.07 Å². The fourth-order valence-corrected chi connectivity index (χ4v) is 5.88. The third kappa shape index (κ3) is 4.01. The molecule has 2 N–H and O–H groups in total. The highest BCUT2D eigenvalue weighted by molar-refractivity contribution is 7.91. The lowest BCUT2D eigenvalue weighted by Gasteiger charge is -2.23. The van der Waals surface area contributed by atoms with Gasteiger partial charge in [0.2, 0.25) is 11.8 Å². The molecule has 28 heavy (non-hydrogen) atoms. The van der Waals surface area contributed by atoms with Crippen molar-refractivity contribution >= 4 is 39.7 Å². The fourth-order valence-electron chi connectivity index (χ4n) is 4.15. The van der Waals surface area contributed by atoms with E-state index >= 15 is 0 Å². The predicted molar refractivity (Wildman–Crippen MR) is 105 cm³/mol. The van der Waals surface area contributed by atoms with Crippen LogP contribution in [0.25, 0.3) is 0 Å². The average Bonchev–Trinajstić information content (AvgIpc) is 3.19. The summed E-state index contributed by atoms with van der Waals surface area (Å²) in [6.07, 6.45) is 1.01.